The predicted octanol–water partition coefficient (Wildman–Crippen LogP) is 4.52. The highest BCUT2D eigenvalue weighted by molar-refractivity contribution is 5.85. The summed E-state index contributed by atoms with van der Waals surface area (Å²) in [7, 11) is 0. The molecule has 0 fully saturated rings. The van der Waals surface area contributed by atoms with Crippen LogP contribution in [0.3, 0.4) is 0 Å². The van der Waals surface area contributed by atoms with E-state index in [1.54, 1.807) is 6.08 Å². The van der Waals surface area contributed by atoms with E-state index in [2.05, 4.69) is 13.8 Å². The summed E-state index contributed by atoms with van der Waals surface area (Å²) in [6.45, 7) is 5.71. The lowest BCUT2D eigenvalue weighted by atomic mass is 10.0. The van der Waals surface area contributed by atoms with E-state index in [9.17, 15) is 4.79 Å². The van der Waals surface area contributed by atoms with Crippen molar-refractivity contribution >= 4 is 12.0 Å². The summed E-state index contributed by atoms with van der Waals surface area (Å²) < 4.78 is 5.84. The molecule has 0 saturated carbocycles. The minimum absolute atomic E-state index is 0.531. The predicted molar refractivity (Wildman–Crippen MR) is 86.1 cm³/mol. The molecule has 1 rings (SSSR count). The molecule has 0 amide bonds. The highest BCUT2D eigenvalue weighted by atomic mass is 16.5. The zero-order valence-electron chi connectivity index (χ0n) is 13.0. The van der Waals surface area contributed by atoms with E-state index >= 15 is 0 Å². The molecule has 0 aliphatic rings. The van der Waals surface area contributed by atoms with E-state index in [4.69, 9.17) is 9.84 Å². The summed E-state index contributed by atoms with van der Waals surface area (Å²) in [4.78, 5) is 10.6. The Bertz CT molecular complexity index is 452. The largest absolute Gasteiger partial charge is 0.478 e. The van der Waals surface area contributed by atoms with Gasteiger partial charge in [0, 0.05) is 12.7 Å². The molecule has 0 bridgehead atoms. The van der Waals surface area contributed by atoms with Crippen LogP contribution in [-0.2, 0) is 16.1 Å². The van der Waals surface area contributed by atoms with Crippen molar-refractivity contribution in [2.75, 3.05) is 6.61 Å². The first kappa shape index (κ1) is 17.4. The Morgan fingerprint density at radius 2 is 2.10 bits per heavy atom. The fraction of sp³-hybridized carbons (Fsp3) is 0.500. The van der Waals surface area contributed by atoms with Gasteiger partial charge in [-0.2, -0.15) is 0 Å². The lowest BCUT2D eigenvalue weighted by Gasteiger charge is -2.15. The van der Waals surface area contributed by atoms with Gasteiger partial charge in [0.15, 0.2) is 0 Å². The first-order valence-electron chi connectivity index (χ1n) is 7.74. The van der Waals surface area contributed by atoms with Crippen LogP contribution in [0.5, 0.6) is 0 Å². The van der Waals surface area contributed by atoms with Crippen molar-refractivity contribution in [3.05, 3.63) is 41.5 Å². The van der Waals surface area contributed by atoms with Gasteiger partial charge in [0.05, 0.1) is 6.61 Å². The summed E-state index contributed by atoms with van der Waals surface area (Å²) >= 11 is 0. The highest BCUT2D eigenvalue weighted by Gasteiger charge is 2.07. The third-order valence-corrected chi connectivity index (χ3v) is 3.61. The lowest BCUT2D eigenvalue weighted by molar-refractivity contribution is -0.131. The van der Waals surface area contributed by atoms with Crippen molar-refractivity contribution < 1.29 is 14.6 Å². The molecule has 0 aromatic heterocycles. The quantitative estimate of drug-likeness (QED) is 0.644. The minimum atomic E-state index is -0.934. The van der Waals surface area contributed by atoms with Gasteiger partial charge in [-0.3, -0.25) is 0 Å². The van der Waals surface area contributed by atoms with E-state index in [-0.39, 0.29) is 0 Å². The molecule has 0 radical (unpaired) electrons. The van der Waals surface area contributed by atoms with Crippen LogP contribution in [0.15, 0.2) is 30.3 Å². The number of hydrogen-bond acceptors (Lipinski definition) is 2. The van der Waals surface area contributed by atoms with E-state index in [1.165, 1.54) is 19.3 Å². The van der Waals surface area contributed by atoms with Gasteiger partial charge in [-0.05, 0) is 29.5 Å². The van der Waals surface area contributed by atoms with Crippen LogP contribution in [0.2, 0.25) is 0 Å². The van der Waals surface area contributed by atoms with Gasteiger partial charge in [0.1, 0.15) is 0 Å². The van der Waals surface area contributed by atoms with Crippen molar-refractivity contribution in [1.29, 1.82) is 0 Å². The number of benzene rings is 1. The Kier molecular flexibility index (Phi) is 8.44. The minimum Gasteiger partial charge on any atom is -0.478 e. The number of rotatable bonds is 10. The Balaban J connectivity index is 2.53. The van der Waals surface area contributed by atoms with Crippen LogP contribution in [0.4, 0.5) is 0 Å². The molecule has 0 spiro atoms. The monoisotopic (exact) mass is 290 g/mol. The second-order valence-electron chi connectivity index (χ2n) is 5.30. The van der Waals surface area contributed by atoms with E-state index in [0.29, 0.717) is 12.5 Å². The molecule has 0 saturated heterocycles. The Morgan fingerprint density at radius 1 is 1.33 bits per heavy atom. The van der Waals surface area contributed by atoms with Gasteiger partial charge in [-0.25, -0.2) is 4.79 Å². The number of aliphatic carboxylic acids is 1. The summed E-state index contributed by atoms with van der Waals surface area (Å²) in [5.41, 5.74) is 1.93. The molecule has 116 valence electrons. The van der Waals surface area contributed by atoms with Gasteiger partial charge in [-0.15, -0.1) is 0 Å². The molecule has 0 aliphatic carbocycles. The summed E-state index contributed by atoms with van der Waals surface area (Å²) in [6, 6.07) is 7.74. The number of hydrogen-bond donors (Lipinski definition) is 1. The van der Waals surface area contributed by atoms with Gasteiger partial charge in [0.25, 0.3) is 0 Å². The smallest absolute Gasteiger partial charge is 0.328 e. The third-order valence-electron chi connectivity index (χ3n) is 3.61. The van der Waals surface area contributed by atoms with Crippen LogP contribution >= 0.6 is 0 Å². The molecule has 1 unspecified atom stereocenters. The van der Waals surface area contributed by atoms with Gasteiger partial charge in [0.2, 0.25) is 0 Å². The van der Waals surface area contributed by atoms with Crippen molar-refractivity contribution in [2.24, 2.45) is 5.92 Å². The first-order valence-corrected chi connectivity index (χ1v) is 7.74. The maximum absolute atomic E-state index is 10.6. The number of unbranched alkanes of at least 4 members (excludes halogenated alkanes) is 1. The van der Waals surface area contributed by atoms with Crippen molar-refractivity contribution in [3.63, 3.8) is 0 Å². The zero-order valence-corrected chi connectivity index (χ0v) is 13.0. The maximum Gasteiger partial charge on any atom is 0.328 e. The van der Waals surface area contributed by atoms with Gasteiger partial charge in [-0.1, -0.05) is 57.4 Å². The topological polar surface area (TPSA) is 46.5 Å². The Labute approximate surface area is 127 Å². The van der Waals surface area contributed by atoms with Crippen LogP contribution in [-0.4, -0.2) is 17.7 Å². The molecular weight excluding hydrogens is 264 g/mol. The van der Waals surface area contributed by atoms with Crippen molar-refractivity contribution in [3.8, 4) is 0 Å². The number of carboxylic acid groups (broad SMARTS) is 1. The average molecular weight is 290 g/mol. The van der Waals surface area contributed by atoms with Gasteiger partial charge >= 0.3 is 5.97 Å². The number of carbonyl (C=O) groups is 1. The Morgan fingerprint density at radius 3 is 2.76 bits per heavy atom. The molecule has 1 N–H and O–H groups in total. The van der Waals surface area contributed by atoms with E-state index in [0.717, 1.165) is 30.2 Å². The Hall–Kier alpha value is -1.61. The highest BCUT2D eigenvalue weighted by Crippen LogP contribution is 2.16. The van der Waals surface area contributed by atoms with Crippen LogP contribution in [0.1, 0.15) is 50.7 Å². The lowest BCUT2D eigenvalue weighted by Crippen LogP contribution is -2.09. The van der Waals surface area contributed by atoms with Crippen LogP contribution < -0.4 is 0 Å². The zero-order chi connectivity index (χ0) is 15.5. The number of ether oxygens (including phenoxy) is 1. The fourth-order valence-electron chi connectivity index (χ4n) is 2.22. The van der Waals surface area contributed by atoms with Gasteiger partial charge < -0.3 is 9.84 Å². The van der Waals surface area contributed by atoms with Crippen molar-refractivity contribution in [1.82, 2.24) is 0 Å². The molecule has 21 heavy (non-hydrogen) atoms. The second-order valence-corrected chi connectivity index (χ2v) is 5.30. The molecular formula is C18H26O3. The maximum atomic E-state index is 10.6. The number of carboxylic acids is 1. The molecule has 1 aromatic rings. The third kappa shape index (κ3) is 7.09. The summed E-state index contributed by atoms with van der Waals surface area (Å²) in [5.74, 6) is -0.317. The normalized spacial score (nSPS) is 12.7. The van der Waals surface area contributed by atoms with E-state index in [1.807, 2.05) is 24.3 Å². The van der Waals surface area contributed by atoms with Crippen LogP contribution in [0.25, 0.3) is 6.08 Å². The van der Waals surface area contributed by atoms with E-state index < -0.39 is 5.97 Å². The second kappa shape index (κ2) is 10.2. The molecule has 0 aliphatic heterocycles. The molecule has 3 heteroatoms. The average Bonchev–Trinajstić information content (AvgIpc) is 2.49. The van der Waals surface area contributed by atoms with Crippen LogP contribution in [0, 0.1) is 5.92 Å². The standard InChI is InChI=1S/C18H26O3/c1-3-5-8-15(4-2)13-21-14-17-10-7-6-9-16(17)11-12-18(19)20/h6-7,9-12,15H,3-5,8,13-14H2,1-2H3,(H,19,20). The molecule has 1 aromatic carbocycles. The SMILES string of the molecule is CCCCC(CC)COCc1ccccc1C=CC(=O)O. The molecule has 0 heterocycles. The molecule has 3 nitrogen and oxygen atoms in total. The summed E-state index contributed by atoms with van der Waals surface area (Å²) in [6.07, 6.45) is 7.61. The first-order chi connectivity index (χ1) is 10.2. The molecule has 1 atom stereocenters. The van der Waals surface area contributed by atoms with Crippen molar-refractivity contribution in [2.45, 2.75) is 46.1 Å². The fourth-order valence-corrected chi connectivity index (χ4v) is 2.22. The summed E-state index contributed by atoms with van der Waals surface area (Å²) in [5, 5.41) is 8.71.